The van der Waals surface area contributed by atoms with Crippen LogP contribution in [0.4, 0.5) is 10.5 Å². The number of aliphatic imine (C=N–C) groups is 1. The van der Waals surface area contributed by atoms with Gasteiger partial charge in [0.25, 0.3) is 5.91 Å². The third kappa shape index (κ3) is 7.14. The van der Waals surface area contributed by atoms with Gasteiger partial charge in [-0.25, -0.2) is 4.79 Å². The first-order valence-corrected chi connectivity index (χ1v) is 10.4. The lowest BCUT2D eigenvalue weighted by molar-refractivity contribution is 0.0657. The number of rotatable bonds is 5. The lowest BCUT2D eigenvalue weighted by atomic mass is 10.2. The van der Waals surface area contributed by atoms with Crippen LogP contribution in [0.25, 0.3) is 0 Å². The number of hydrogen-bond acceptors (Lipinski definition) is 4. The van der Waals surface area contributed by atoms with Crippen molar-refractivity contribution in [3.8, 4) is 0 Å². The van der Waals surface area contributed by atoms with Crippen molar-refractivity contribution in [3.63, 3.8) is 0 Å². The van der Waals surface area contributed by atoms with Gasteiger partial charge in [0.05, 0.1) is 6.26 Å². The smallest absolute Gasteiger partial charge is 0.319 e. The molecule has 0 saturated carbocycles. The van der Waals surface area contributed by atoms with E-state index in [0.29, 0.717) is 38.5 Å². The van der Waals surface area contributed by atoms with Crippen LogP contribution in [0, 0.1) is 0 Å². The van der Waals surface area contributed by atoms with Crippen LogP contribution in [0.5, 0.6) is 0 Å². The first kappa shape index (κ1) is 25.5. The number of anilines is 1. The molecular weight excluding hydrogens is 523 g/mol. The molecule has 174 valence electrons. The van der Waals surface area contributed by atoms with Gasteiger partial charge in [0.15, 0.2) is 11.7 Å². The Morgan fingerprint density at radius 3 is 2.28 bits per heavy atom. The summed E-state index contributed by atoms with van der Waals surface area (Å²) in [7, 11) is 1.75. The van der Waals surface area contributed by atoms with Crippen molar-refractivity contribution >= 4 is 47.6 Å². The third-order valence-electron chi connectivity index (χ3n) is 4.89. The van der Waals surface area contributed by atoms with Crippen molar-refractivity contribution in [3.05, 3.63) is 54.0 Å². The van der Waals surface area contributed by atoms with E-state index in [1.807, 2.05) is 38.1 Å². The molecule has 1 aliphatic heterocycles. The lowest BCUT2D eigenvalue weighted by Crippen LogP contribution is -2.53. The summed E-state index contributed by atoms with van der Waals surface area (Å²) >= 11 is 0. The van der Waals surface area contributed by atoms with Crippen molar-refractivity contribution in [2.45, 2.75) is 26.4 Å². The number of nitrogens with zero attached hydrogens (tertiary/aromatic N) is 3. The molecule has 0 unspecified atom stereocenters. The van der Waals surface area contributed by atoms with E-state index in [-0.39, 0.29) is 42.0 Å². The number of amides is 3. The molecule has 3 amide bonds. The highest BCUT2D eigenvalue weighted by atomic mass is 127. The van der Waals surface area contributed by atoms with Crippen LogP contribution in [0.15, 0.2) is 52.1 Å². The number of furan rings is 1. The summed E-state index contributed by atoms with van der Waals surface area (Å²) in [6, 6.07) is 10.9. The number of carbonyl (C=O) groups is 2. The maximum Gasteiger partial charge on any atom is 0.319 e. The fourth-order valence-corrected chi connectivity index (χ4v) is 3.33. The Hall–Kier alpha value is -2.76. The van der Waals surface area contributed by atoms with Crippen molar-refractivity contribution in [2.75, 3.05) is 38.5 Å². The monoisotopic (exact) mass is 554 g/mol. The van der Waals surface area contributed by atoms with Crippen LogP contribution in [-0.4, -0.2) is 67.0 Å². The van der Waals surface area contributed by atoms with Gasteiger partial charge in [-0.05, 0) is 43.7 Å². The van der Waals surface area contributed by atoms with E-state index in [9.17, 15) is 9.59 Å². The zero-order valence-electron chi connectivity index (χ0n) is 18.6. The topological polar surface area (TPSA) is 102 Å². The van der Waals surface area contributed by atoms with Crippen molar-refractivity contribution in [1.82, 2.24) is 20.4 Å². The molecule has 1 aromatic heterocycles. The summed E-state index contributed by atoms with van der Waals surface area (Å²) < 4.78 is 5.21. The summed E-state index contributed by atoms with van der Waals surface area (Å²) in [4.78, 5) is 32.5. The Labute approximate surface area is 205 Å². The molecule has 2 aromatic rings. The summed E-state index contributed by atoms with van der Waals surface area (Å²) in [5.41, 5.74) is 1.81. The summed E-state index contributed by atoms with van der Waals surface area (Å²) in [6.45, 7) is 7.05. The van der Waals surface area contributed by atoms with Gasteiger partial charge in [0.2, 0.25) is 0 Å². The van der Waals surface area contributed by atoms with E-state index < -0.39 is 0 Å². The van der Waals surface area contributed by atoms with Crippen LogP contribution in [0.1, 0.15) is 30.0 Å². The fourth-order valence-electron chi connectivity index (χ4n) is 3.33. The number of urea groups is 1. The summed E-state index contributed by atoms with van der Waals surface area (Å²) in [5, 5.41) is 8.97. The Kier molecular flexibility index (Phi) is 9.82. The quantitative estimate of drug-likeness (QED) is 0.300. The SMILES string of the molecule is CN=C(NCc1ccc(NC(=O)NC(C)C)cc1)N1CCN(C(=O)c2ccco2)CC1.I. The first-order valence-electron chi connectivity index (χ1n) is 10.4. The Balaban J connectivity index is 0.00000363. The molecule has 32 heavy (non-hydrogen) atoms. The van der Waals surface area contributed by atoms with E-state index in [0.717, 1.165) is 17.2 Å². The molecule has 3 N–H and O–H groups in total. The van der Waals surface area contributed by atoms with Crippen LogP contribution in [0.3, 0.4) is 0 Å². The lowest BCUT2D eigenvalue weighted by Gasteiger charge is -2.36. The summed E-state index contributed by atoms with van der Waals surface area (Å²) in [5.74, 6) is 1.09. The number of nitrogens with one attached hydrogen (secondary N) is 3. The molecule has 0 aliphatic carbocycles. The molecule has 10 heteroatoms. The summed E-state index contributed by atoms with van der Waals surface area (Å²) in [6.07, 6.45) is 1.51. The highest BCUT2D eigenvalue weighted by Gasteiger charge is 2.25. The van der Waals surface area contributed by atoms with E-state index >= 15 is 0 Å². The van der Waals surface area contributed by atoms with E-state index in [2.05, 4.69) is 25.8 Å². The normalized spacial score (nSPS) is 14.1. The molecule has 3 rings (SSSR count). The second-order valence-corrected chi connectivity index (χ2v) is 7.61. The van der Waals surface area contributed by atoms with Gasteiger partial charge < -0.3 is 30.2 Å². The Bertz CT molecular complexity index is 891. The second kappa shape index (κ2) is 12.3. The minimum Gasteiger partial charge on any atom is -0.459 e. The maximum absolute atomic E-state index is 12.4. The molecule has 1 aromatic carbocycles. The average Bonchev–Trinajstić information content (AvgIpc) is 3.29. The van der Waals surface area contributed by atoms with Crippen LogP contribution in [-0.2, 0) is 6.54 Å². The fraction of sp³-hybridized carbons (Fsp3) is 0.409. The zero-order valence-corrected chi connectivity index (χ0v) is 21.0. The molecular formula is C22H31IN6O3. The highest BCUT2D eigenvalue weighted by Crippen LogP contribution is 2.11. The van der Waals surface area contributed by atoms with E-state index in [1.165, 1.54) is 6.26 Å². The van der Waals surface area contributed by atoms with Crippen LogP contribution >= 0.6 is 24.0 Å². The second-order valence-electron chi connectivity index (χ2n) is 7.61. The van der Waals surface area contributed by atoms with E-state index in [4.69, 9.17) is 4.42 Å². The number of guanidine groups is 1. The van der Waals surface area contributed by atoms with Crippen molar-refractivity contribution in [2.24, 2.45) is 4.99 Å². The van der Waals surface area contributed by atoms with Gasteiger partial charge in [-0.2, -0.15) is 0 Å². The molecule has 0 radical (unpaired) electrons. The van der Waals surface area contributed by atoms with Crippen molar-refractivity contribution < 1.29 is 14.0 Å². The molecule has 1 saturated heterocycles. The standard InChI is InChI=1S/C22H30N6O3.HI/c1-16(2)25-22(30)26-18-8-6-17(7-9-18)15-24-21(23-3)28-12-10-27(11-13-28)20(29)19-5-4-14-31-19;/h4-9,14,16H,10-13,15H2,1-3H3,(H,23,24)(H2,25,26,30);1H. The van der Waals surface area contributed by atoms with Crippen LogP contribution in [0.2, 0.25) is 0 Å². The highest BCUT2D eigenvalue weighted by molar-refractivity contribution is 14.0. The molecule has 0 spiro atoms. The van der Waals surface area contributed by atoms with Gasteiger partial charge in [-0.1, -0.05) is 12.1 Å². The number of benzene rings is 1. The molecule has 0 bridgehead atoms. The first-order chi connectivity index (χ1) is 15.0. The third-order valence-corrected chi connectivity index (χ3v) is 4.89. The van der Waals surface area contributed by atoms with Gasteiger partial charge >= 0.3 is 6.03 Å². The molecule has 1 aliphatic rings. The minimum absolute atomic E-state index is 0. The average molecular weight is 554 g/mol. The predicted molar refractivity (Wildman–Crippen MR) is 136 cm³/mol. The largest absolute Gasteiger partial charge is 0.459 e. The number of hydrogen-bond donors (Lipinski definition) is 3. The molecule has 2 heterocycles. The Morgan fingerprint density at radius 1 is 1.06 bits per heavy atom. The number of piperazine rings is 1. The van der Waals surface area contributed by atoms with Gasteiger partial charge in [0, 0.05) is 51.5 Å². The Morgan fingerprint density at radius 2 is 1.72 bits per heavy atom. The minimum atomic E-state index is -0.217. The van der Waals surface area contributed by atoms with E-state index in [1.54, 1.807) is 24.1 Å². The molecule has 1 fully saturated rings. The van der Waals surface area contributed by atoms with Gasteiger partial charge in [-0.3, -0.25) is 9.79 Å². The molecule has 0 atom stereocenters. The maximum atomic E-state index is 12.4. The van der Waals surface area contributed by atoms with Gasteiger partial charge in [-0.15, -0.1) is 24.0 Å². The number of carbonyl (C=O) groups excluding carboxylic acids is 2. The molecule has 9 nitrogen and oxygen atoms in total. The van der Waals surface area contributed by atoms with Gasteiger partial charge in [0.1, 0.15) is 0 Å². The zero-order chi connectivity index (χ0) is 22.2. The number of halogens is 1. The van der Waals surface area contributed by atoms with Crippen LogP contribution < -0.4 is 16.0 Å². The van der Waals surface area contributed by atoms with Crippen molar-refractivity contribution in [1.29, 1.82) is 0 Å². The predicted octanol–water partition coefficient (Wildman–Crippen LogP) is 2.96.